The molecule has 0 spiro atoms. The van der Waals surface area contributed by atoms with Crippen LogP contribution in [0.1, 0.15) is 16.7 Å². The molecule has 0 saturated heterocycles. The molecule has 2 heterocycles. The number of halogens is 10. The van der Waals surface area contributed by atoms with Crippen LogP contribution in [0.3, 0.4) is 0 Å². The first-order valence-corrected chi connectivity index (χ1v) is 6.64. The Labute approximate surface area is 142 Å². The third-order valence-electron chi connectivity index (χ3n) is 3.04. The minimum Gasteiger partial charge on any atom is -0.269 e. The van der Waals surface area contributed by atoms with Crippen molar-refractivity contribution in [2.24, 2.45) is 0 Å². The fourth-order valence-corrected chi connectivity index (χ4v) is 2.18. The fourth-order valence-electron chi connectivity index (χ4n) is 1.92. The second-order valence-electron chi connectivity index (χ2n) is 4.83. The van der Waals surface area contributed by atoms with E-state index in [0.717, 1.165) is 0 Å². The van der Waals surface area contributed by atoms with Gasteiger partial charge >= 0.3 is 18.5 Å². The highest BCUT2D eigenvalue weighted by Crippen LogP contribution is 2.40. The average Bonchev–Trinajstić information content (AvgIpc) is 2.44. The second-order valence-corrected chi connectivity index (χ2v) is 5.24. The normalized spacial score (nSPS) is 13.2. The largest absolute Gasteiger partial charge is 0.418 e. The number of aromatic nitrogens is 2. The number of rotatable bonds is 1. The van der Waals surface area contributed by atoms with E-state index in [-0.39, 0.29) is 29.1 Å². The molecule has 0 atom stereocenters. The molecule has 0 radical (unpaired) electrons. The van der Waals surface area contributed by atoms with Crippen LogP contribution in [0, 0.1) is 0 Å². The third kappa shape index (κ3) is 3.94. The average molecular weight is 411 g/mol. The van der Waals surface area contributed by atoms with Crippen LogP contribution in [-0.2, 0) is 18.5 Å². The molecule has 0 saturated carbocycles. The highest BCUT2D eigenvalue weighted by atomic mass is 35.5. The van der Waals surface area contributed by atoms with Crippen molar-refractivity contribution in [2.45, 2.75) is 18.5 Å². The lowest BCUT2D eigenvalue weighted by molar-refractivity contribution is -0.162. The molecule has 142 valence electrons. The van der Waals surface area contributed by atoms with Crippen molar-refractivity contribution in [3.05, 3.63) is 56.6 Å². The van der Waals surface area contributed by atoms with Crippen LogP contribution in [0.25, 0.3) is 5.82 Å². The maximum atomic E-state index is 12.9. The van der Waals surface area contributed by atoms with Gasteiger partial charge in [0.15, 0.2) is 5.82 Å². The zero-order valence-electron chi connectivity index (χ0n) is 11.9. The highest BCUT2D eigenvalue weighted by Gasteiger charge is 2.44. The van der Waals surface area contributed by atoms with Crippen molar-refractivity contribution in [3.8, 4) is 5.82 Å². The molecule has 13 heteroatoms. The summed E-state index contributed by atoms with van der Waals surface area (Å²) in [4.78, 5) is 14.9. The molecule has 0 bridgehead atoms. The minimum atomic E-state index is -5.50. The first-order chi connectivity index (χ1) is 11.6. The number of hydrogen-bond acceptors (Lipinski definition) is 2. The number of nitrogens with zero attached hydrogens (tertiary/aromatic N) is 2. The van der Waals surface area contributed by atoms with Crippen LogP contribution in [0.5, 0.6) is 0 Å². The molecule has 0 aromatic carbocycles. The fraction of sp³-hybridized carbons (Fsp3) is 0.231. The van der Waals surface area contributed by atoms with E-state index in [2.05, 4.69) is 4.98 Å². The molecule has 0 aliphatic carbocycles. The van der Waals surface area contributed by atoms with Gasteiger partial charge in [-0.15, -0.1) is 0 Å². The van der Waals surface area contributed by atoms with E-state index in [0.29, 0.717) is 0 Å². The van der Waals surface area contributed by atoms with E-state index in [1.165, 1.54) is 0 Å². The lowest BCUT2D eigenvalue weighted by Crippen LogP contribution is -2.27. The van der Waals surface area contributed by atoms with Crippen LogP contribution in [-0.4, -0.2) is 9.55 Å². The van der Waals surface area contributed by atoms with Gasteiger partial charge in [0.25, 0.3) is 5.56 Å². The number of hydrogen-bond donors (Lipinski definition) is 0. The maximum Gasteiger partial charge on any atom is 0.418 e. The van der Waals surface area contributed by atoms with Crippen LogP contribution < -0.4 is 5.56 Å². The van der Waals surface area contributed by atoms with E-state index in [9.17, 15) is 44.3 Å². The van der Waals surface area contributed by atoms with Gasteiger partial charge in [-0.1, -0.05) is 11.6 Å². The van der Waals surface area contributed by atoms with Gasteiger partial charge in [0.05, 0.1) is 21.7 Å². The van der Waals surface area contributed by atoms with Crippen LogP contribution in [0.15, 0.2) is 29.3 Å². The number of pyridine rings is 2. The summed E-state index contributed by atoms with van der Waals surface area (Å²) in [5.74, 6) is -0.885. The van der Waals surface area contributed by atoms with Crippen molar-refractivity contribution in [2.75, 3.05) is 0 Å². The van der Waals surface area contributed by atoms with E-state index in [1.807, 2.05) is 0 Å². The monoisotopic (exact) mass is 410 g/mol. The molecule has 0 aliphatic heterocycles. The summed E-state index contributed by atoms with van der Waals surface area (Å²) < 4.78 is 115. The van der Waals surface area contributed by atoms with Crippen molar-refractivity contribution in [1.29, 1.82) is 0 Å². The van der Waals surface area contributed by atoms with Gasteiger partial charge in [0.2, 0.25) is 0 Å². The van der Waals surface area contributed by atoms with Crippen LogP contribution in [0.2, 0.25) is 5.02 Å². The van der Waals surface area contributed by atoms with Gasteiger partial charge in [-0.3, -0.25) is 9.36 Å². The Hall–Kier alpha value is -2.24. The van der Waals surface area contributed by atoms with Gasteiger partial charge in [-0.05, 0) is 6.07 Å². The maximum absolute atomic E-state index is 12.9. The van der Waals surface area contributed by atoms with Crippen molar-refractivity contribution < 1.29 is 39.5 Å². The Morgan fingerprint density at radius 3 is 1.81 bits per heavy atom. The van der Waals surface area contributed by atoms with Crippen molar-refractivity contribution in [1.82, 2.24) is 9.55 Å². The summed E-state index contributed by atoms with van der Waals surface area (Å²) in [5.41, 5.74) is -7.43. The smallest absolute Gasteiger partial charge is 0.269 e. The van der Waals surface area contributed by atoms with E-state index < -0.39 is 51.6 Å². The van der Waals surface area contributed by atoms with Crippen molar-refractivity contribution >= 4 is 11.6 Å². The molecule has 2 aromatic rings. The molecular weight excluding hydrogens is 407 g/mol. The van der Waals surface area contributed by atoms with Crippen LogP contribution in [0.4, 0.5) is 39.5 Å². The molecular formula is C13H4ClF9N2O. The quantitative estimate of drug-likeness (QED) is 0.624. The van der Waals surface area contributed by atoms with Gasteiger partial charge < -0.3 is 0 Å². The van der Waals surface area contributed by atoms with Gasteiger partial charge in [0, 0.05) is 18.5 Å². The van der Waals surface area contributed by atoms with E-state index in [1.54, 1.807) is 0 Å². The zero-order valence-corrected chi connectivity index (χ0v) is 12.6. The minimum absolute atomic E-state index is 0.0133. The molecule has 2 aromatic heterocycles. The molecule has 26 heavy (non-hydrogen) atoms. The van der Waals surface area contributed by atoms with Gasteiger partial charge in [0.1, 0.15) is 0 Å². The van der Waals surface area contributed by atoms with Crippen LogP contribution >= 0.6 is 11.6 Å². The summed E-state index contributed by atoms with van der Waals surface area (Å²) in [6.07, 6.45) is -15.9. The molecule has 0 fully saturated rings. The summed E-state index contributed by atoms with van der Waals surface area (Å²) in [6, 6.07) is -0.0558. The van der Waals surface area contributed by atoms with E-state index >= 15 is 0 Å². The molecule has 0 N–H and O–H groups in total. The van der Waals surface area contributed by atoms with Crippen molar-refractivity contribution in [3.63, 3.8) is 0 Å². The highest BCUT2D eigenvalue weighted by molar-refractivity contribution is 6.32. The predicted molar refractivity (Wildman–Crippen MR) is 69.9 cm³/mol. The predicted octanol–water partition coefficient (Wildman–Crippen LogP) is 4.94. The topological polar surface area (TPSA) is 34.9 Å². The zero-order chi connectivity index (χ0) is 20.1. The van der Waals surface area contributed by atoms with E-state index in [4.69, 9.17) is 11.6 Å². The summed E-state index contributed by atoms with van der Waals surface area (Å²) >= 11 is 5.51. The Morgan fingerprint density at radius 2 is 1.38 bits per heavy atom. The lowest BCUT2D eigenvalue weighted by atomic mass is 10.1. The Morgan fingerprint density at radius 1 is 0.846 bits per heavy atom. The third-order valence-corrected chi connectivity index (χ3v) is 3.32. The second kappa shape index (κ2) is 6.18. The molecule has 3 nitrogen and oxygen atoms in total. The molecule has 0 unspecified atom stereocenters. The van der Waals surface area contributed by atoms with Gasteiger partial charge in [-0.25, -0.2) is 4.98 Å². The Balaban J connectivity index is 2.75. The molecule has 0 aliphatic rings. The first-order valence-electron chi connectivity index (χ1n) is 6.26. The summed E-state index contributed by atoms with van der Waals surface area (Å²) in [7, 11) is 0. The standard InChI is InChI=1S/C13H4ClF9N2O/c14-8-1-5(11(15,16)17)3-24-10(8)25-4-7(13(21,22)23)6(2-9(25)26)12(18,19)20/h1-4H. The first kappa shape index (κ1) is 20.1. The number of alkyl halides is 9. The SMILES string of the molecule is O=c1cc(C(F)(F)F)c(C(F)(F)F)cn1-c1ncc(C(F)(F)F)cc1Cl. The lowest BCUT2D eigenvalue weighted by Gasteiger charge is -2.17. The molecule has 2 rings (SSSR count). The Kier molecular flexibility index (Phi) is 4.77. The summed E-state index contributed by atoms with van der Waals surface area (Å²) in [5, 5.41) is -0.880. The Bertz CT molecular complexity index is 896. The molecule has 0 amide bonds. The van der Waals surface area contributed by atoms with Gasteiger partial charge in [-0.2, -0.15) is 39.5 Å². The summed E-state index contributed by atoms with van der Waals surface area (Å²) in [6.45, 7) is 0.